The minimum Gasteiger partial charge on any atom is -0.334 e. The zero-order valence-electron chi connectivity index (χ0n) is 12.0. The van der Waals surface area contributed by atoms with Gasteiger partial charge in [0.25, 0.3) is 5.89 Å². The molecule has 0 atom stereocenters. The van der Waals surface area contributed by atoms with Crippen LogP contribution in [0, 0.1) is 0 Å². The second kappa shape index (κ2) is 5.65. The van der Waals surface area contributed by atoms with Gasteiger partial charge < -0.3 is 9.84 Å². The Balaban J connectivity index is 1.68. The van der Waals surface area contributed by atoms with Gasteiger partial charge in [-0.3, -0.25) is 4.98 Å². The molecule has 2 aromatic heterocycles. The summed E-state index contributed by atoms with van der Waals surface area (Å²) in [6.07, 6.45) is 6.93. The molecule has 1 N–H and O–H groups in total. The lowest BCUT2D eigenvalue weighted by atomic mass is 10.00. The van der Waals surface area contributed by atoms with Gasteiger partial charge in [-0.15, -0.1) is 0 Å². The smallest absolute Gasteiger partial charge is 0.258 e. The average Bonchev–Trinajstić information content (AvgIpc) is 2.95. The van der Waals surface area contributed by atoms with Crippen LogP contribution < -0.4 is 5.32 Å². The molecule has 3 aromatic rings. The molecule has 1 aromatic carbocycles. The van der Waals surface area contributed by atoms with E-state index in [1.54, 1.807) is 18.6 Å². The first-order chi connectivity index (χ1) is 10.9. The first-order valence-corrected chi connectivity index (χ1v) is 7.33. The molecule has 0 radical (unpaired) electrons. The summed E-state index contributed by atoms with van der Waals surface area (Å²) in [5.41, 5.74) is 4.30. The van der Waals surface area contributed by atoms with Crippen LogP contribution in [0.15, 0.2) is 41.3 Å². The molecule has 0 amide bonds. The Hall–Kier alpha value is -2.60. The summed E-state index contributed by atoms with van der Waals surface area (Å²) in [4.78, 5) is 12.6. The molecule has 0 bridgehead atoms. The number of rotatable bonds is 2. The van der Waals surface area contributed by atoms with Gasteiger partial charge in [-0.2, -0.15) is 4.98 Å². The highest BCUT2D eigenvalue weighted by Crippen LogP contribution is 2.24. The van der Waals surface area contributed by atoms with Gasteiger partial charge in [-0.05, 0) is 49.2 Å². The van der Waals surface area contributed by atoms with Gasteiger partial charge in [-0.25, -0.2) is 4.98 Å². The summed E-state index contributed by atoms with van der Waals surface area (Å²) >= 11 is 0. The van der Waals surface area contributed by atoms with Gasteiger partial charge in [0.1, 0.15) is 5.69 Å². The minimum atomic E-state index is 0.458. The average molecular weight is 293 g/mol. The van der Waals surface area contributed by atoms with Crippen molar-refractivity contribution in [2.24, 2.45) is 0 Å². The van der Waals surface area contributed by atoms with Crippen molar-refractivity contribution in [3.8, 4) is 23.0 Å². The van der Waals surface area contributed by atoms with Crippen molar-refractivity contribution in [1.29, 1.82) is 0 Å². The van der Waals surface area contributed by atoms with E-state index in [0.717, 1.165) is 31.5 Å². The third kappa shape index (κ3) is 2.48. The van der Waals surface area contributed by atoms with Crippen molar-refractivity contribution in [3.05, 3.63) is 47.9 Å². The lowest BCUT2D eigenvalue weighted by molar-refractivity contribution is 0.432. The minimum absolute atomic E-state index is 0.458. The molecule has 6 heteroatoms. The number of aromatic nitrogens is 4. The van der Waals surface area contributed by atoms with Crippen LogP contribution in [-0.2, 0) is 12.8 Å². The second-order valence-corrected chi connectivity index (χ2v) is 5.25. The van der Waals surface area contributed by atoms with Crippen molar-refractivity contribution >= 4 is 0 Å². The number of fused-ring (bicyclic) bond motifs is 1. The monoisotopic (exact) mass is 293 g/mol. The van der Waals surface area contributed by atoms with E-state index in [1.165, 1.54) is 11.1 Å². The SMILES string of the molecule is c1cnc(-c2noc(-c3ccc4c(c3)CCNCC4)n2)cn1. The van der Waals surface area contributed by atoms with Gasteiger partial charge in [-0.1, -0.05) is 11.2 Å². The highest BCUT2D eigenvalue weighted by atomic mass is 16.5. The van der Waals surface area contributed by atoms with Gasteiger partial charge >= 0.3 is 0 Å². The number of nitrogens with zero attached hydrogens (tertiary/aromatic N) is 4. The Labute approximate surface area is 127 Å². The third-order valence-corrected chi connectivity index (χ3v) is 3.81. The Kier molecular flexibility index (Phi) is 3.36. The fourth-order valence-electron chi connectivity index (χ4n) is 2.67. The van der Waals surface area contributed by atoms with E-state index >= 15 is 0 Å². The van der Waals surface area contributed by atoms with Crippen molar-refractivity contribution in [1.82, 2.24) is 25.4 Å². The molecule has 22 heavy (non-hydrogen) atoms. The predicted octanol–water partition coefficient (Wildman–Crippen LogP) is 1.88. The maximum Gasteiger partial charge on any atom is 0.258 e. The first-order valence-electron chi connectivity index (χ1n) is 7.33. The van der Waals surface area contributed by atoms with Crippen molar-refractivity contribution in [2.75, 3.05) is 13.1 Å². The summed E-state index contributed by atoms with van der Waals surface area (Å²) in [6, 6.07) is 6.35. The molecule has 0 aliphatic carbocycles. The Bertz CT molecular complexity index is 784. The van der Waals surface area contributed by atoms with E-state index in [1.807, 2.05) is 6.07 Å². The molecule has 1 aliphatic rings. The Morgan fingerprint density at radius 1 is 1.05 bits per heavy atom. The number of benzene rings is 1. The van der Waals surface area contributed by atoms with Crippen LogP contribution in [0.25, 0.3) is 23.0 Å². The van der Waals surface area contributed by atoms with Gasteiger partial charge in [0, 0.05) is 18.0 Å². The van der Waals surface area contributed by atoms with Crippen LogP contribution in [0.4, 0.5) is 0 Å². The van der Waals surface area contributed by atoms with Crippen LogP contribution in [-0.4, -0.2) is 33.2 Å². The van der Waals surface area contributed by atoms with Crippen LogP contribution in [0.3, 0.4) is 0 Å². The van der Waals surface area contributed by atoms with Gasteiger partial charge in [0.2, 0.25) is 5.82 Å². The van der Waals surface area contributed by atoms with Crippen molar-refractivity contribution in [2.45, 2.75) is 12.8 Å². The van der Waals surface area contributed by atoms with Crippen LogP contribution in [0.5, 0.6) is 0 Å². The fraction of sp³-hybridized carbons (Fsp3) is 0.250. The normalized spacial score (nSPS) is 14.4. The quantitative estimate of drug-likeness (QED) is 0.777. The molecule has 1 aliphatic heterocycles. The number of hydrogen-bond donors (Lipinski definition) is 1. The van der Waals surface area contributed by atoms with E-state index in [-0.39, 0.29) is 0 Å². The molecule has 110 valence electrons. The lowest BCUT2D eigenvalue weighted by Gasteiger charge is -2.05. The summed E-state index contributed by atoms with van der Waals surface area (Å²) in [5, 5.41) is 7.40. The molecular weight excluding hydrogens is 278 g/mol. The van der Waals surface area contributed by atoms with E-state index in [9.17, 15) is 0 Å². The Morgan fingerprint density at radius 2 is 1.95 bits per heavy atom. The van der Waals surface area contributed by atoms with Crippen LogP contribution in [0.1, 0.15) is 11.1 Å². The maximum atomic E-state index is 5.38. The maximum absolute atomic E-state index is 5.38. The second-order valence-electron chi connectivity index (χ2n) is 5.25. The van der Waals surface area contributed by atoms with Gasteiger partial charge in [0.05, 0.1) is 6.20 Å². The number of nitrogens with one attached hydrogen (secondary N) is 1. The zero-order valence-corrected chi connectivity index (χ0v) is 12.0. The summed E-state index contributed by atoms with van der Waals surface area (Å²) in [7, 11) is 0. The van der Waals surface area contributed by atoms with Gasteiger partial charge in [0.15, 0.2) is 0 Å². The van der Waals surface area contributed by atoms with E-state index < -0.39 is 0 Å². The molecule has 0 unspecified atom stereocenters. The van der Waals surface area contributed by atoms with Crippen molar-refractivity contribution < 1.29 is 4.52 Å². The lowest BCUT2D eigenvalue weighted by Crippen LogP contribution is -2.16. The van der Waals surface area contributed by atoms with E-state index in [0.29, 0.717) is 17.4 Å². The molecule has 3 heterocycles. The summed E-state index contributed by atoms with van der Waals surface area (Å²) < 4.78 is 5.38. The Morgan fingerprint density at radius 3 is 2.82 bits per heavy atom. The summed E-state index contributed by atoms with van der Waals surface area (Å²) in [6.45, 7) is 2.04. The standard InChI is InChI=1S/C16H15N5O/c1-2-13(9-12-4-6-17-5-3-11(1)12)16-20-15(21-22-16)14-10-18-7-8-19-14/h1-2,7-10,17H,3-6H2. The topological polar surface area (TPSA) is 76.7 Å². The molecular formula is C16H15N5O. The van der Waals surface area contributed by atoms with E-state index in [2.05, 4.69) is 37.6 Å². The highest BCUT2D eigenvalue weighted by Gasteiger charge is 2.14. The highest BCUT2D eigenvalue weighted by molar-refractivity contribution is 5.59. The zero-order chi connectivity index (χ0) is 14.8. The first kappa shape index (κ1) is 13.1. The molecule has 6 nitrogen and oxygen atoms in total. The van der Waals surface area contributed by atoms with E-state index in [4.69, 9.17) is 4.52 Å². The third-order valence-electron chi connectivity index (χ3n) is 3.81. The van der Waals surface area contributed by atoms with Crippen LogP contribution >= 0.6 is 0 Å². The molecule has 0 fully saturated rings. The fourth-order valence-corrected chi connectivity index (χ4v) is 2.67. The molecule has 4 rings (SSSR count). The number of hydrogen-bond acceptors (Lipinski definition) is 6. The van der Waals surface area contributed by atoms with Crippen LogP contribution in [0.2, 0.25) is 0 Å². The molecule has 0 saturated heterocycles. The predicted molar refractivity (Wildman–Crippen MR) is 81.0 cm³/mol. The summed E-state index contributed by atoms with van der Waals surface area (Å²) in [5.74, 6) is 0.973. The molecule has 0 spiro atoms. The molecule has 0 saturated carbocycles. The largest absolute Gasteiger partial charge is 0.334 e. The van der Waals surface area contributed by atoms with Crippen molar-refractivity contribution in [3.63, 3.8) is 0 Å².